The molecule has 1 aromatic rings. The molecule has 0 heterocycles. The Labute approximate surface area is 93.7 Å². The number of nitrogens with one attached hydrogen (secondary N) is 1. The Kier molecular flexibility index (Phi) is 4.80. The Morgan fingerprint density at radius 3 is 2.56 bits per heavy atom. The Hall–Kier alpha value is -1.03. The molecule has 0 fully saturated rings. The molecule has 0 saturated heterocycles. The van der Waals surface area contributed by atoms with Crippen molar-refractivity contribution >= 4 is 0 Å². The van der Waals surface area contributed by atoms with Crippen LogP contribution in [0.15, 0.2) is 18.2 Å². The Morgan fingerprint density at radius 2 is 2.00 bits per heavy atom. The normalized spacial score (nSPS) is 13.1. The number of hydrogen-bond donors (Lipinski definition) is 1. The van der Waals surface area contributed by atoms with Crippen molar-refractivity contribution in [2.24, 2.45) is 0 Å². The third-order valence-corrected chi connectivity index (χ3v) is 2.54. The molecule has 1 nitrogen and oxygen atoms in total. The van der Waals surface area contributed by atoms with Crippen molar-refractivity contribution in [1.82, 2.24) is 5.32 Å². The van der Waals surface area contributed by atoms with Gasteiger partial charge in [0.1, 0.15) is 5.82 Å². The molecule has 0 aromatic heterocycles. The Bertz CT molecular complexity index is 339. The van der Waals surface area contributed by atoms with Gasteiger partial charge in [-0.1, -0.05) is 6.07 Å². The standard InChI is InChI=1S/C12H16F3N/c1-8-7-11(13)4-3-10(8)5-6-16-9(2)12(14)15/h3-4,7,9,12,16H,5-6H2,1-2H3. The molecule has 0 bridgehead atoms. The first-order chi connectivity index (χ1) is 7.50. The predicted molar refractivity (Wildman–Crippen MR) is 58.3 cm³/mol. The number of aryl methyl sites for hydroxylation is 1. The fourth-order valence-electron chi connectivity index (χ4n) is 1.46. The van der Waals surface area contributed by atoms with E-state index >= 15 is 0 Å². The second kappa shape index (κ2) is 5.89. The van der Waals surface area contributed by atoms with Gasteiger partial charge in [0.05, 0.1) is 6.04 Å². The quantitative estimate of drug-likeness (QED) is 0.821. The van der Waals surface area contributed by atoms with Crippen molar-refractivity contribution in [1.29, 1.82) is 0 Å². The average Bonchev–Trinajstić information content (AvgIpc) is 2.20. The molecule has 1 N–H and O–H groups in total. The Morgan fingerprint density at radius 1 is 1.31 bits per heavy atom. The van der Waals surface area contributed by atoms with Gasteiger partial charge >= 0.3 is 0 Å². The second-order valence-electron chi connectivity index (χ2n) is 3.90. The summed E-state index contributed by atoms with van der Waals surface area (Å²) in [6.45, 7) is 3.73. The monoisotopic (exact) mass is 231 g/mol. The van der Waals surface area contributed by atoms with Crippen LogP contribution in [0.4, 0.5) is 13.2 Å². The van der Waals surface area contributed by atoms with E-state index in [9.17, 15) is 13.2 Å². The molecule has 1 aromatic carbocycles. The van der Waals surface area contributed by atoms with Crippen LogP contribution in [0.3, 0.4) is 0 Å². The minimum absolute atomic E-state index is 0.268. The maximum atomic E-state index is 12.8. The van der Waals surface area contributed by atoms with Gasteiger partial charge in [-0.3, -0.25) is 0 Å². The molecule has 4 heteroatoms. The summed E-state index contributed by atoms with van der Waals surface area (Å²) in [5.41, 5.74) is 1.84. The lowest BCUT2D eigenvalue weighted by molar-refractivity contribution is 0.106. The van der Waals surface area contributed by atoms with E-state index in [4.69, 9.17) is 0 Å². The van der Waals surface area contributed by atoms with E-state index < -0.39 is 12.5 Å². The maximum absolute atomic E-state index is 12.8. The van der Waals surface area contributed by atoms with Crippen molar-refractivity contribution < 1.29 is 13.2 Å². The average molecular weight is 231 g/mol. The van der Waals surface area contributed by atoms with Gasteiger partial charge in [0.25, 0.3) is 6.43 Å². The number of benzene rings is 1. The van der Waals surface area contributed by atoms with E-state index in [1.54, 1.807) is 6.07 Å². The van der Waals surface area contributed by atoms with Crippen LogP contribution in [0.1, 0.15) is 18.1 Å². The van der Waals surface area contributed by atoms with Gasteiger partial charge in [-0.05, 0) is 50.1 Å². The van der Waals surface area contributed by atoms with E-state index in [1.807, 2.05) is 6.92 Å². The molecule has 16 heavy (non-hydrogen) atoms. The minimum atomic E-state index is -2.35. The van der Waals surface area contributed by atoms with E-state index in [-0.39, 0.29) is 5.82 Å². The summed E-state index contributed by atoms with van der Waals surface area (Å²) < 4.78 is 37.1. The third kappa shape index (κ3) is 3.85. The molecule has 0 radical (unpaired) electrons. The summed E-state index contributed by atoms with van der Waals surface area (Å²) in [4.78, 5) is 0. The van der Waals surface area contributed by atoms with Gasteiger partial charge in [0, 0.05) is 0 Å². The first-order valence-corrected chi connectivity index (χ1v) is 5.27. The molecule has 0 aliphatic heterocycles. The predicted octanol–water partition coefficient (Wildman–Crippen LogP) is 2.92. The summed E-state index contributed by atoms with van der Waals surface area (Å²) in [5, 5.41) is 2.73. The van der Waals surface area contributed by atoms with Crippen molar-refractivity contribution in [3.63, 3.8) is 0 Å². The molecule has 0 spiro atoms. The number of hydrogen-bond acceptors (Lipinski definition) is 1. The van der Waals surface area contributed by atoms with Crippen LogP contribution in [0.2, 0.25) is 0 Å². The molecule has 0 aliphatic carbocycles. The van der Waals surface area contributed by atoms with Gasteiger partial charge in [-0.25, -0.2) is 13.2 Å². The molecule has 0 aliphatic rings. The SMILES string of the molecule is Cc1cc(F)ccc1CCNC(C)C(F)F. The lowest BCUT2D eigenvalue weighted by Crippen LogP contribution is -2.34. The van der Waals surface area contributed by atoms with Crippen molar-refractivity contribution in [3.8, 4) is 0 Å². The zero-order chi connectivity index (χ0) is 12.1. The highest BCUT2D eigenvalue weighted by molar-refractivity contribution is 5.26. The van der Waals surface area contributed by atoms with E-state index in [0.717, 1.165) is 11.1 Å². The van der Waals surface area contributed by atoms with Crippen LogP contribution in [0.25, 0.3) is 0 Å². The molecule has 0 amide bonds. The van der Waals surface area contributed by atoms with Crippen molar-refractivity contribution in [2.75, 3.05) is 6.54 Å². The van der Waals surface area contributed by atoms with Crippen LogP contribution in [-0.2, 0) is 6.42 Å². The zero-order valence-electron chi connectivity index (χ0n) is 9.43. The van der Waals surface area contributed by atoms with Gasteiger partial charge < -0.3 is 5.32 Å². The van der Waals surface area contributed by atoms with Crippen LogP contribution in [-0.4, -0.2) is 19.0 Å². The van der Waals surface area contributed by atoms with Gasteiger partial charge in [-0.2, -0.15) is 0 Å². The largest absolute Gasteiger partial charge is 0.309 e. The van der Waals surface area contributed by atoms with Crippen molar-refractivity contribution in [2.45, 2.75) is 32.7 Å². The topological polar surface area (TPSA) is 12.0 Å². The highest BCUT2D eigenvalue weighted by Crippen LogP contribution is 2.10. The van der Waals surface area contributed by atoms with Gasteiger partial charge in [0.2, 0.25) is 0 Å². The first kappa shape index (κ1) is 13.0. The highest BCUT2D eigenvalue weighted by Gasteiger charge is 2.12. The minimum Gasteiger partial charge on any atom is -0.309 e. The molecule has 90 valence electrons. The van der Waals surface area contributed by atoms with Crippen LogP contribution < -0.4 is 5.32 Å². The Balaban J connectivity index is 2.43. The summed E-state index contributed by atoms with van der Waals surface area (Å²) in [6, 6.07) is 3.73. The fourth-order valence-corrected chi connectivity index (χ4v) is 1.46. The third-order valence-electron chi connectivity index (χ3n) is 2.54. The second-order valence-corrected chi connectivity index (χ2v) is 3.90. The van der Waals surface area contributed by atoms with E-state index in [2.05, 4.69) is 5.32 Å². The van der Waals surface area contributed by atoms with Gasteiger partial charge in [-0.15, -0.1) is 0 Å². The molecular weight excluding hydrogens is 215 g/mol. The lowest BCUT2D eigenvalue weighted by atomic mass is 10.1. The lowest BCUT2D eigenvalue weighted by Gasteiger charge is -2.13. The van der Waals surface area contributed by atoms with Crippen LogP contribution in [0.5, 0.6) is 0 Å². The van der Waals surface area contributed by atoms with Crippen LogP contribution in [0, 0.1) is 12.7 Å². The molecule has 0 saturated carbocycles. The number of alkyl halides is 2. The van der Waals surface area contributed by atoms with Crippen molar-refractivity contribution in [3.05, 3.63) is 35.1 Å². The highest BCUT2D eigenvalue weighted by atomic mass is 19.3. The number of halogens is 3. The summed E-state index contributed by atoms with van der Waals surface area (Å²) >= 11 is 0. The maximum Gasteiger partial charge on any atom is 0.253 e. The fraction of sp³-hybridized carbons (Fsp3) is 0.500. The molecule has 1 unspecified atom stereocenters. The summed E-state index contributed by atoms with van der Waals surface area (Å²) in [7, 11) is 0. The van der Waals surface area contributed by atoms with Gasteiger partial charge in [0.15, 0.2) is 0 Å². The van der Waals surface area contributed by atoms with E-state index in [1.165, 1.54) is 19.1 Å². The first-order valence-electron chi connectivity index (χ1n) is 5.27. The smallest absolute Gasteiger partial charge is 0.253 e. The zero-order valence-corrected chi connectivity index (χ0v) is 9.43. The summed E-state index contributed by atoms with van der Waals surface area (Å²) in [5.74, 6) is -0.268. The molecular formula is C12H16F3N. The van der Waals surface area contributed by atoms with Crippen LogP contribution >= 0.6 is 0 Å². The molecule has 1 rings (SSSR count). The molecule has 1 atom stereocenters. The van der Waals surface area contributed by atoms with E-state index in [0.29, 0.717) is 13.0 Å². The summed E-state index contributed by atoms with van der Waals surface area (Å²) in [6.07, 6.45) is -1.72. The number of rotatable bonds is 5.